The molecule has 0 fully saturated rings. The van der Waals surface area contributed by atoms with Crippen molar-refractivity contribution in [3.8, 4) is 5.75 Å². The molecule has 1 heterocycles. The fraction of sp³-hybridized carbons (Fsp3) is 0.467. The van der Waals surface area contributed by atoms with Gasteiger partial charge in [0, 0.05) is 11.7 Å². The van der Waals surface area contributed by atoms with Crippen LogP contribution in [0.25, 0.3) is 0 Å². The first-order valence-electron chi connectivity index (χ1n) is 6.88. The minimum Gasteiger partial charge on any atom is -0.481 e. The normalized spacial score (nSPS) is 13.9. The highest BCUT2D eigenvalue weighted by Crippen LogP contribution is 2.25. The molecule has 1 atom stereocenters. The van der Waals surface area contributed by atoms with Gasteiger partial charge in [-0.25, -0.2) is 8.42 Å². The molecule has 0 saturated heterocycles. The van der Waals surface area contributed by atoms with Crippen molar-refractivity contribution in [1.29, 1.82) is 0 Å². The number of sulfone groups is 1. The zero-order valence-corrected chi connectivity index (χ0v) is 14.1. The lowest BCUT2D eigenvalue weighted by Gasteiger charge is -2.12. The molecule has 0 bridgehead atoms. The summed E-state index contributed by atoms with van der Waals surface area (Å²) in [6, 6.07) is 6.22. The number of nitrogens with zero attached hydrogens (tertiary/aromatic N) is 2. The van der Waals surface area contributed by atoms with Gasteiger partial charge in [-0.2, -0.15) is 4.98 Å². The van der Waals surface area contributed by atoms with Gasteiger partial charge in [-0.1, -0.05) is 25.9 Å². The summed E-state index contributed by atoms with van der Waals surface area (Å²) in [5.74, 6) is 1.54. The van der Waals surface area contributed by atoms with Gasteiger partial charge in [-0.15, -0.1) is 0 Å². The van der Waals surface area contributed by atoms with E-state index in [9.17, 15) is 8.42 Å². The van der Waals surface area contributed by atoms with Crippen LogP contribution in [0.5, 0.6) is 5.75 Å². The lowest BCUT2D eigenvalue weighted by molar-refractivity contribution is 0.175. The lowest BCUT2D eigenvalue weighted by Crippen LogP contribution is -2.13. The standard InChI is InChI=1S/C15H20N2O4S/c1-10(13-16-14(17-21-13)15(2,3)4)20-11-6-8-12(9-7-11)22(5,18)19/h6-10H,1-5H3. The smallest absolute Gasteiger partial charge is 0.267 e. The Hall–Kier alpha value is -1.89. The van der Waals surface area contributed by atoms with Gasteiger partial charge in [0.05, 0.1) is 4.90 Å². The number of benzene rings is 1. The van der Waals surface area contributed by atoms with E-state index in [1.807, 2.05) is 20.8 Å². The van der Waals surface area contributed by atoms with E-state index in [2.05, 4.69) is 10.1 Å². The summed E-state index contributed by atoms with van der Waals surface area (Å²) in [6.45, 7) is 7.79. The van der Waals surface area contributed by atoms with E-state index >= 15 is 0 Å². The average molecular weight is 324 g/mol. The molecule has 0 aliphatic carbocycles. The van der Waals surface area contributed by atoms with Crippen LogP contribution in [-0.4, -0.2) is 24.8 Å². The Labute approximate surface area is 130 Å². The third-order valence-corrected chi connectivity index (χ3v) is 4.15. The van der Waals surface area contributed by atoms with Gasteiger partial charge in [0.1, 0.15) is 5.75 Å². The number of hydrogen-bond donors (Lipinski definition) is 0. The zero-order chi connectivity index (χ0) is 16.5. The van der Waals surface area contributed by atoms with Gasteiger partial charge < -0.3 is 9.26 Å². The molecule has 2 aromatic rings. The number of hydrogen-bond acceptors (Lipinski definition) is 6. The highest BCUT2D eigenvalue weighted by atomic mass is 32.2. The summed E-state index contributed by atoms with van der Waals surface area (Å²) >= 11 is 0. The first-order chi connectivity index (χ1) is 10.1. The van der Waals surface area contributed by atoms with Crippen LogP contribution in [0.1, 0.15) is 45.5 Å². The Morgan fingerprint density at radius 3 is 2.23 bits per heavy atom. The first-order valence-corrected chi connectivity index (χ1v) is 8.77. The van der Waals surface area contributed by atoms with E-state index in [-0.39, 0.29) is 10.3 Å². The molecule has 6 nitrogen and oxygen atoms in total. The van der Waals surface area contributed by atoms with Gasteiger partial charge >= 0.3 is 0 Å². The van der Waals surface area contributed by atoms with Crippen molar-refractivity contribution in [2.24, 2.45) is 0 Å². The van der Waals surface area contributed by atoms with Gasteiger partial charge in [0.25, 0.3) is 5.89 Å². The van der Waals surface area contributed by atoms with E-state index in [0.717, 1.165) is 6.26 Å². The fourth-order valence-electron chi connectivity index (χ4n) is 1.72. The second-order valence-corrected chi connectivity index (χ2v) is 8.23. The Morgan fingerprint density at radius 2 is 1.77 bits per heavy atom. The molecule has 0 saturated carbocycles. The molecule has 22 heavy (non-hydrogen) atoms. The number of ether oxygens (including phenoxy) is 1. The maximum absolute atomic E-state index is 11.4. The summed E-state index contributed by atoms with van der Waals surface area (Å²) in [7, 11) is -3.21. The summed E-state index contributed by atoms with van der Waals surface area (Å²) in [5, 5.41) is 3.95. The van der Waals surface area contributed by atoms with Crippen LogP contribution in [0.4, 0.5) is 0 Å². The molecule has 1 unspecified atom stereocenters. The molecule has 0 aliphatic heterocycles. The van der Waals surface area contributed by atoms with Gasteiger partial charge in [-0.3, -0.25) is 0 Å². The fourth-order valence-corrected chi connectivity index (χ4v) is 2.36. The molecule has 0 aliphatic rings. The van der Waals surface area contributed by atoms with E-state index in [1.165, 1.54) is 12.1 Å². The highest BCUT2D eigenvalue weighted by molar-refractivity contribution is 7.90. The van der Waals surface area contributed by atoms with Crippen molar-refractivity contribution < 1.29 is 17.7 Å². The van der Waals surface area contributed by atoms with Gasteiger partial charge in [-0.05, 0) is 31.2 Å². The largest absolute Gasteiger partial charge is 0.481 e. The first kappa shape index (κ1) is 16.5. The summed E-state index contributed by atoms with van der Waals surface area (Å²) < 4.78 is 33.7. The van der Waals surface area contributed by atoms with Crippen LogP contribution < -0.4 is 4.74 Å². The molecule has 7 heteroatoms. The van der Waals surface area contributed by atoms with Crippen LogP contribution in [0.15, 0.2) is 33.7 Å². The van der Waals surface area contributed by atoms with Crippen LogP contribution >= 0.6 is 0 Å². The van der Waals surface area contributed by atoms with E-state index in [0.29, 0.717) is 17.5 Å². The van der Waals surface area contributed by atoms with E-state index in [4.69, 9.17) is 9.26 Å². The number of aromatic nitrogens is 2. The quantitative estimate of drug-likeness (QED) is 0.860. The van der Waals surface area contributed by atoms with Gasteiger partial charge in [0.2, 0.25) is 0 Å². The third kappa shape index (κ3) is 3.85. The lowest BCUT2D eigenvalue weighted by atomic mass is 9.96. The zero-order valence-electron chi connectivity index (χ0n) is 13.3. The van der Waals surface area contributed by atoms with Crippen molar-refractivity contribution >= 4 is 9.84 Å². The van der Waals surface area contributed by atoms with Gasteiger partial charge in [0.15, 0.2) is 21.8 Å². The van der Waals surface area contributed by atoms with Crippen molar-refractivity contribution in [2.45, 2.75) is 44.1 Å². The second kappa shape index (κ2) is 5.72. The summed E-state index contributed by atoms with van der Waals surface area (Å²) in [5.41, 5.74) is -0.196. The predicted molar refractivity (Wildman–Crippen MR) is 81.6 cm³/mol. The van der Waals surface area contributed by atoms with Crippen LogP contribution in [0.2, 0.25) is 0 Å². The van der Waals surface area contributed by atoms with Crippen LogP contribution in [-0.2, 0) is 15.3 Å². The molecule has 1 aromatic heterocycles. The maximum Gasteiger partial charge on any atom is 0.267 e. The predicted octanol–water partition coefficient (Wildman–Crippen LogP) is 2.91. The molecule has 0 radical (unpaired) electrons. The van der Waals surface area contributed by atoms with Crippen molar-refractivity contribution in [2.75, 3.05) is 6.26 Å². The maximum atomic E-state index is 11.4. The molecule has 120 valence electrons. The second-order valence-electron chi connectivity index (χ2n) is 6.21. The third-order valence-electron chi connectivity index (χ3n) is 3.03. The van der Waals surface area contributed by atoms with Crippen molar-refractivity contribution in [3.05, 3.63) is 36.0 Å². The highest BCUT2D eigenvalue weighted by Gasteiger charge is 2.23. The van der Waals surface area contributed by atoms with E-state index < -0.39 is 15.9 Å². The molecule has 0 spiro atoms. The topological polar surface area (TPSA) is 82.3 Å². The molecule has 0 amide bonds. The Kier molecular flexibility index (Phi) is 4.28. The van der Waals surface area contributed by atoms with Crippen LogP contribution in [0, 0.1) is 0 Å². The molecule has 0 N–H and O–H groups in total. The van der Waals surface area contributed by atoms with Crippen molar-refractivity contribution in [3.63, 3.8) is 0 Å². The summed E-state index contributed by atoms with van der Waals surface area (Å²) in [6.07, 6.45) is 0.741. The minimum absolute atomic E-state index is 0.196. The average Bonchev–Trinajstić information content (AvgIpc) is 2.87. The van der Waals surface area contributed by atoms with E-state index in [1.54, 1.807) is 19.1 Å². The minimum atomic E-state index is -3.21. The monoisotopic (exact) mass is 324 g/mol. The molecule has 1 aromatic carbocycles. The molecular formula is C15H20N2O4S. The molecule has 2 rings (SSSR count). The Balaban J connectivity index is 2.12. The van der Waals surface area contributed by atoms with Crippen molar-refractivity contribution in [1.82, 2.24) is 10.1 Å². The van der Waals surface area contributed by atoms with Crippen LogP contribution in [0.3, 0.4) is 0 Å². The Bertz CT molecular complexity index is 743. The SMILES string of the molecule is CC(Oc1ccc(S(C)(=O)=O)cc1)c1nc(C(C)(C)C)no1. The Morgan fingerprint density at radius 1 is 1.18 bits per heavy atom. The summed E-state index contributed by atoms with van der Waals surface area (Å²) in [4.78, 5) is 4.59. The molecular weight excluding hydrogens is 304 g/mol. The number of rotatable bonds is 4.